The minimum atomic E-state index is -0.535. The number of carbonyl (C=O) groups is 1. The summed E-state index contributed by atoms with van der Waals surface area (Å²) >= 11 is 3.36. The molecule has 2 N–H and O–H groups in total. The summed E-state index contributed by atoms with van der Waals surface area (Å²) in [6, 6.07) is 7.04. The predicted octanol–water partition coefficient (Wildman–Crippen LogP) is 4.29. The van der Waals surface area contributed by atoms with Gasteiger partial charge in [-0.2, -0.15) is 0 Å². The van der Waals surface area contributed by atoms with Crippen molar-refractivity contribution in [3.05, 3.63) is 63.8 Å². The zero-order chi connectivity index (χ0) is 18.9. The van der Waals surface area contributed by atoms with Crippen molar-refractivity contribution in [3.63, 3.8) is 0 Å². The average molecular weight is 420 g/mol. The van der Waals surface area contributed by atoms with Crippen LogP contribution in [0.3, 0.4) is 0 Å². The lowest BCUT2D eigenvalue weighted by Gasteiger charge is -2.24. The normalized spacial score (nSPS) is 11.5. The van der Waals surface area contributed by atoms with Crippen LogP contribution >= 0.6 is 15.9 Å². The molecule has 0 unspecified atom stereocenters. The zero-order valence-electron chi connectivity index (χ0n) is 14.7. The van der Waals surface area contributed by atoms with E-state index in [1.165, 1.54) is 10.9 Å². The summed E-state index contributed by atoms with van der Waals surface area (Å²) in [7, 11) is 0. The first kappa shape index (κ1) is 18.2. The summed E-state index contributed by atoms with van der Waals surface area (Å²) in [6.45, 7) is 5.86. The first-order valence-electron chi connectivity index (χ1n) is 8.10. The average Bonchev–Trinajstić information content (AvgIpc) is 2.55. The molecule has 0 saturated carbocycles. The maximum atomic E-state index is 12.2. The molecule has 7 nitrogen and oxygen atoms in total. The highest BCUT2D eigenvalue weighted by atomic mass is 79.9. The SMILES string of the molecule is CC(C)(C)OC(=O)c1ccc(Cn2cc3[nH]c(Br)c[nH]c-3cn2[O-])cc1. The number of fused-ring (bicyclic) bond motifs is 1. The number of rotatable bonds is 3. The molecule has 0 amide bonds. The Morgan fingerprint density at radius 3 is 2.54 bits per heavy atom. The largest absolute Gasteiger partial charge is 0.792 e. The van der Waals surface area contributed by atoms with Crippen molar-refractivity contribution in [2.45, 2.75) is 32.9 Å². The predicted molar refractivity (Wildman–Crippen MR) is 103 cm³/mol. The number of ether oxygens (including phenoxy) is 1. The summed E-state index contributed by atoms with van der Waals surface area (Å²) < 4.78 is 7.66. The van der Waals surface area contributed by atoms with Crippen molar-refractivity contribution in [2.24, 2.45) is 0 Å². The molecule has 138 valence electrons. The number of hydrogen-bond donors (Lipinski definition) is 2. The second-order valence-corrected chi connectivity index (χ2v) is 7.80. The first-order chi connectivity index (χ1) is 12.2. The fourth-order valence-electron chi connectivity index (χ4n) is 2.44. The Kier molecular flexibility index (Phi) is 4.86. The van der Waals surface area contributed by atoms with Gasteiger partial charge in [-0.3, -0.25) is 4.68 Å². The van der Waals surface area contributed by atoms with Gasteiger partial charge in [-0.1, -0.05) is 12.1 Å². The van der Waals surface area contributed by atoms with E-state index < -0.39 is 5.60 Å². The van der Waals surface area contributed by atoms with E-state index in [4.69, 9.17) is 4.74 Å². The van der Waals surface area contributed by atoms with Crippen LogP contribution in [-0.2, 0) is 11.3 Å². The van der Waals surface area contributed by atoms with Gasteiger partial charge >= 0.3 is 5.97 Å². The van der Waals surface area contributed by atoms with Crippen LogP contribution in [0, 0.1) is 5.21 Å². The molecule has 0 aromatic heterocycles. The standard InChI is InChI=1S/C18H20BrN4O3/c1-18(2,3)26-17(24)13-6-4-12(5-7-13)9-22-10-15-14(11-23(22)25)20-8-16(19)21-15/h4-8,10-11,20-21H,9H2,1-3H3/q-1. The Hall–Kier alpha value is -2.61. The van der Waals surface area contributed by atoms with Gasteiger partial charge in [0, 0.05) is 18.6 Å². The van der Waals surface area contributed by atoms with Gasteiger partial charge in [-0.05, 0) is 54.4 Å². The second-order valence-electron chi connectivity index (χ2n) is 6.95. The molecule has 0 radical (unpaired) electrons. The number of nitrogens with one attached hydrogen (secondary N) is 2. The maximum absolute atomic E-state index is 12.2. The van der Waals surface area contributed by atoms with Crippen molar-refractivity contribution < 1.29 is 9.53 Å². The van der Waals surface area contributed by atoms with E-state index in [0.29, 0.717) is 17.8 Å². The number of hydrogen-bond acceptors (Lipinski definition) is 3. The van der Waals surface area contributed by atoms with E-state index in [-0.39, 0.29) is 5.97 Å². The molecule has 8 heteroatoms. The van der Waals surface area contributed by atoms with Gasteiger partial charge in [0.15, 0.2) is 0 Å². The van der Waals surface area contributed by atoms with Crippen LogP contribution in [0.15, 0.2) is 47.5 Å². The van der Waals surface area contributed by atoms with Crippen molar-refractivity contribution in [1.29, 1.82) is 0 Å². The van der Waals surface area contributed by atoms with E-state index in [9.17, 15) is 10.0 Å². The molecule has 0 spiro atoms. The molecule has 0 saturated heterocycles. The van der Waals surface area contributed by atoms with Crippen LogP contribution in [0.2, 0.25) is 0 Å². The number of nitrogens with zero attached hydrogens (tertiary/aromatic N) is 2. The molecule has 26 heavy (non-hydrogen) atoms. The van der Waals surface area contributed by atoms with Crippen molar-refractivity contribution in [2.75, 3.05) is 0 Å². The minimum absolute atomic E-state index is 0.365. The molecule has 0 atom stereocenters. The van der Waals surface area contributed by atoms with Gasteiger partial charge < -0.3 is 24.8 Å². The Morgan fingerprint density at radius 2 is 1.88 bits per heavy atom. The lowest BCUT2D eigenvalue weighted by Crippen LogP contribution is -2.23. The Balaban J connectivity index is 1.81. The lowest BCUT2D eigenvalue weighted by atomic mass is 10.1. The summed E-state index contributed by atoms with van der Waals surface area (Å²) in [5, 5.41) is 12.2. The fourth-order valence-corrected chi connectivity index (χ4v) is 2.76. The number of aromatic nitrogens is 4. The van der Waals surface area contributed by atoms with Gasteiger partial charge in [0.1, 0.15) is 5.60 Å². The number of halogens is 1. The van der Waals surface area contributed by atoms with Gasteiger partial charge in [0.05, 0.1) is 28.1 Å². The van der Waals surface area contributed by atoms with E-state index in [0.717, 1.165) is 20.7 Å². The van der Waals surface area contributed by atoms with E-state index in [1.54, 1.807) is 24.5 Å². The second kappa shape index (κ2) is 6.95. The molecule has 3 rings (SSSR count). The fraction of sp³-hybridized carbons (Fsp3) is 0.278. The van der Waals surface area contributed by atoms with Crippen LogP contribution in [0.5, 0.6) is 0 Å². The molecule has 0 fully saturated rings. The highest BCUT2D eigenvalue weighted by Gasteiger charge is 2.17. The van der Waals surface area contributed by atoms with Gasteiger partial charge in [-0.15, -0.1) is 0 Å². The van der Waals surface area contributed by atoms with Crippen molar-refractivity contribution in [3.8, 4) is 11.4 Å². The Morgan fingerprint density at radius 1 is 1.19 bits per heavy atom. The van der Waals surface area contributed by atoms with Crippen LogP contribution in [0.25, 0.3) is 11.4 Å². The molecular weight excluding hydrogens is 400 g/mol. The van der Waals surface area contributed by atoms with Crippen LogP contribution in [0.4, 0.5) is 0 Å². The van der Waals surface area contributed by atoms with E-state index in [2.05, 4.69) is 25.9 Å². The summed E-state index contributed by atoms with van der Waals surface area (Å²) in [4.78, 5) is 19.0. The van der Waals surface area contributed by atoms with E-state index in [1.807, 2.05) is 32.9 Å². The van der Waals surface area contributed by atoms with Crippen LogP contribution in [0.1, 0.15) is 36.7 Å². The summed E-state index contributed by atoms with van der Waals surface area (Å²) in [6.07, 6.45) is 4.92. The quantitative estimate of drug-likeness (QED) is 0.620. The highest BCUT2D eigenvalue weighted by molar-refractivity contribution is 9.10. The van der Waals surface area contributed by atoms with Crippen molar-refractivity contribution in [1.82, 2.24) is 19.5 Å². The number of benzene rings is 1. The minimum Gasteiger partial charge on any atom is -0.792 e. The van der Waals surface area contributed by atoms with Gasteiger partial charge in [0.25, 0.3) is 0 Å². The third kappa shape index (κ3) is 4.32. The zero-order valence-corrected chi connectivity index (χ0v) is 16.3. The van der Waals surface area contributed by atoms with Gasteiger partial charge in [0.2, 0.25) is 0 Å². The lowest BCUT2D eigenvalue weighted by molar-refractivity contribution is 0.00695. The third-order valence-corrected chi connectivity index (χ3v) is 4.03. The highest BCUT2D eigenvalue weighted by Crippen LogP contribution is 2.19. The molecule has 1 aromatic rings. The maximum Gasteiger partial charge on any atom is 0.338 e. The van der Waals surface area contributed by atoms with Crippen molar-refractivity contribution >= 4 is 21.9 Å². The number of aromatic amines is 2. The van der Waals surface area contributed by atoms with Gasteiger partial charge in [-0.25, -0.2) is 4.79 Å². The monoisotopic (exact) mass is 419 g/mol. The number of esters is 1. The molecular formula is C18H20BrN4O3-. The van der Waals surface area contributed by atoms with Crippen LogP contribution in [-0.4, -0.2) is 31.1 Å². The van der Waals surface area contributed by atoms with E-state index >= 15 is 0 Å². The third-order valence-electron chi connectivity index (χ3n) is 3.60. The number of carbonyl (C=O) groups excluding carboxylic acids is 1. The summed E-state index contributed by atoms with van der Waals surface area (Å²) in [5.74, 6) is -0.365. The molecule has 1 aromatic carbocycles. The summed E-state index contributed by atoms with van der Waals surface area (Å²) in [5.41, 5.74) is 2.32. The molecule has 2 heterocycles. The van der Waals surface area contributed by atoms with Crippen LogP contribution < -0.4 is 0 Å². The molecule has 0 bridgehead atoms. The molecule has 0 aliphatic carbocycles. The Bertz CT molecular complexity index is 923. The topological polar surface area (TPSA) is 90.8 Å². The number of H-pyrrole nitrogens is 2. The first-order valence-corrected chi connectivity index (χ1v) is 8.89. The Labute approximate surface area is 159 Å². The molecule has 2 aliphatic heterocycles. The smallest absolute Gasteiger partial charge is 0.338 e. The molecule has 2 aliphatic rings.